The highest BCUT2D eigenvalue weighted by Gasteiger charge is 2.31. The number of benzene rings is 1. The van der Waals surface area contributed by atoms with Crippen LogP contribution in [0, 0.1) is 0 Å². The van der Waals surface area contributed by atoms with Crippen LogP contribution in [-0.4, -0.2) is 40.3 Å². The van der Waals surface area contributed by atoms with E-state index in [1.807, 2.05) is 6.07 Å². The number of thiocarbonyl (C=S) groups is 1. The molecule has 27 heavy (non-hydrogen) atoms. The predicted octanol–water partition coefficient (Wildman–Crippen LogP) is 1.56. The number of rotatable bonds is 5. The van der Waals surface area contributed by atoms with Crippen LogP contribution in [0.2, 0.25) is 0 Å². The summed E-state index contributed by atoms with van der Waals surface area (Å²) in [7, 11) is 0. The molecule has 1 aromatic carbocycles. The largest absolute Gasteiger partial charge is 0.454 e. The maximum Gasteiger partial charge on any atom is 0.266 e. The van der Waals surface area contributed by atoms with Gasteiger partial charge in [0.2, 0.25) is 18.6 Å². The van der Waals surface area contributed by atoms with Gasteiger partial charge in [-0.1, -0.05) is 30.0 Å². The highest BCUT2D eigenvalue weighted by atomic mass is 32.2. The Hall–Kier alpha value is -2.59. The fraction of sp³-hybridized carbons (Fsp3) is 0.294. The molecule has 8 nitrogen and oxygen atoms in total. The van der Waals surface area contributed by atoms with Gasteiger partial charge in [-0.25, -0.2) is 0 Å². The molecule has 0 aliphatic carbocycles. The van der Waals surface area contributed by atoms with E-state index in [0.29, 0.717) is 33.7 Å². The van der Waals surface area contributed by atoms with Crippen LogP contribution in [0.5, 0.6) is 11.5 Å². The fourth-order valence-corrected chi connectivity index (χ4v) is 3.77. The third kappa shape index (κ3) is 4.77. The molecule has 2 aliphatic rings. The van der Waals surface area contributed by atoms with Crippen molar-refractivity contribution in [3.63, 3.8) is 0 Å². The quantitative estimate of drug-likeness (QED) is 0.434. The van der Waals surface area contributed by atoms with Crippen LogP contribution in [0.3, 0.4) is 0 Å². The summed E-state index contributed by atoms with van der Waals surface area (Å²) >= 11 is 6.50. The lowest BCUT2D eigenvalue weighted by Crippen LogP contribution is -2.40. The number of hydrogen-bond acceptors (Lipinski definition) is 7. The Morgan fingerprint density at radius 3 is 2.85 bits per heavy atom. The van der Waals surface area contributed by atoms with Gasteiger partial charge in [-0.05, 0) is 30.2 Å². The molecule has 3 rings (SSSR count). The van der Waals surface area contributed by atoms with Gasteiger partial charge in [0.1, 0.15) is 4.32 Å². The molecule has 3 amide bonds. The minimum atomic E-state index is -0.353. The molecule has 0 aromatic heterocycles. The minimum Gasteiger partial charge on any atom is -0.454 e. The molecule has 0 radical (unpaired) electrons. The van der Waals surface area contributed by atoms with Crippen molar-refractivity contribution < 1.29 is 23.9 Å². The van der Waals surface area contributed by atoms with Crippen molar-refractivity contribution in [3.05, 3.63) is 28.7 Å². The molecular weight excluding hydrogens is 390 g/mol. The van der Waals surface area contributed by atoms with Crippen molar-refractivity contribution in [1.29, 1.82) is 0 Å². The topological polar surface area (TPSA) is 97.0 Å². The van der Waals surface area contributed by atoms with Crippen LogP contribution in [0.25, 0.3) is 6.08 Å². The number of carbonyl (C=O) groups is 3. The Morgan fingerprint density at radius 1 is 1.30 bits per heavy atom. The third-order valence-electron chi connectivity index (χ3n) is 3.73. The maximum absolute atomic E-state index is 12.6. The first kappa shape index (κ1) is 19.2. The highest BCUT2D eigenvalue weighted by molar-refractivity contribution is 8.26. The first-order chi connectivity index (χ1) is 12.9. The van der Waals surface area contributed by atoms with E-state index in [1.165, 1.54) is 23.6 Å². The Morgan fingerprint density at radius 2 is 2.07 bits per heavy atom. The molecule has 0 spiro atoms. The lowest BCUT2D eigenvalue weighted by molar-refractivity contribution is -0.128. The van der Waals surface area contributed by atoms with E-state index < -0.39 is 0 Å². The van der Waals surface area contributed by atoms with E-state index >= 15 is 0 Å². The fourth-order valence-electron chi connectivity index (χ4n) is 2.47. The Labute approximate surface area is 165 Å². The molecular formula is C17H17N3O5S2. The van der Waals surface area contributed by atoms with E-state index in [0.717, 1.165) is 5.56 Å². The van der Waals surface area contributed by atoms with Crippen LogP contribution in [0.4, 0.5) is 0 Å². The second-order valence-corrected chi connectivity index (χ2v) is 7.45. The molecule has 142 valence electrons. The number of nitrogens with zero attached hydrogens (tertiary/aromatic N) is 1. The van der Waals surface area contributed by atoms with Crippen molar-refractivity contribution in [3.8, 4) is 11.5 Å². The number of hydrazine groups is 1. The zero-order valence-electron chi connectivity index (χ0n) is 14.4. The SMILES string of the molecule is CC(=O)NNC(=O)CCCN1C(=O)C(=Cc2ccc3c(c2)OCO3)SC1=S. The van der Waals surface area contributed by atoms with Gasteiger partial charge >= 0.3 is 0 Å². The summed E-state index contributed by atoms with van der Waals surface area (Å²) in [4.78, 5) is 36.9. The predicted molar refractivity (Wildman–Crippen MR) is 104 cm³/mol. The van der Waals surface area contributed by atoms with Crippen LogP contribution < -0.4 is 20.3 Å². The van der Waals surface area contributed by atoms with Gasteiger partial charge in [-0.2, -0.15) is 0 Å². The molecule has 0 unspecified atom stereocenters. The van der Waals surface area contributed by atoms with Crippen molar-refractivity contribution in [2.75, 3.05) is 13.3 Å². The van der Waals surface area contributed by atoms with E-state index in [-0.39, 0.29) is 30.9 Å². The summed E-state index contributed by atoms with van der Waals surface area (Å²) < 4.78 is 11.1. The molecule has 1 fully saturated rings. The summed E-state index contributed by atoms with van der Waals surface area (Å²) in [6.07, 6.45) is 2.35. The first-order valence-electron chi connectivity index (χ1n) is 8.14. The second kappa shape index (κ2) is 8.40. The summed E-state index contributed by atoms with van der Waals surface area (Å²) in [6, 6.07) is 5.44. The lowest BCUT2D eigenvalue weighted by atomic mass is 10.2. The zero-order chi connectivity index (χ0) is 19.4. The van der Waals surface area contributed by atoms with Crippen molar-refractivity contribution in [1.82, 2.24) is 15.8 Å². The number of hydrogen-bond donors (Lipinski definition) is 2. The number of ether oxygens (including phenoxy) is 2. The average molecular weight is 407 g/mol. The molecule has 1 saturated heterocycles. The van der Waals surface area contributed by atoms with E-state index in [9.17, 15) is 14.4 Å². The Kier molecular flexibility index (Phi) is 5.97. The molecule has 2 aliphatic heterocycles. The van der Waals surface area contributed by atoms with Gasteiger partial charge in [-0.3, -0.25) is 30.1 Å². The van der Waals surface area contributed by atoms with E-state index in [4.69, 9.17) is 21.7 Å². The van der Waals surface area contributed by atoms with Gasteiger partial charge in [-0.15, -0.1) is 0 Å². The third-order valence-corrected chi connectivity index (χ3v) is 5.11. The normalized spacial score (nSPS) is 16.8. The first-order valence-corrected chi connectivity index (χ1v) is 9.37. The van der Waals surface area contributed by atoms with Crippen LogP contribution >= 0.6 is 24.0 Å². The number of thioether (sulfide) groups is 1. The van der Waals surface area contributed by atoms with Crippen molar-refractivity contribution in [2.45, 2.75) is 19.8 Å². The molecule has 2 heterocycles. The standard InChI is InChI=1S/C17H17N3O5S2/c1-10(21)18-19-15(22)3-2-6-20-16(23)14(27-17(20)26)8-11-4-5-12-13(7-11)25-9-24-12/h4-5,7-8H,2-3,6,9H2,1H3,(H,18,21)(H,19,22). The highest BCUT2D eigenvalue weighted by Crippen LogP contribution is 2.36. The molecule has 1 aromatic rings. The Balaban J connectivity index is 1.56. The van der Waals surface area contributed by atoms with Gasteiger partial charge in [0.15, 0.2) is 11.5 Å². The summed E-state index contributed by atoms with van der Waals surface area (Å²) in [5.41, 5.74) is 5.31. The molecule has 0 saturated carbocycles. The van der Waals surface area contributed by atoms with Gasteiger partial charge < -0.3 is 9.47 Å². The molecule has 0 bridgehead atoms. The zero-order valence-corrected chi connectivity index (χ0v) is 16.1. The maximum atomic E-state index is 12.6. The van der Waals surface area contributed by atoms with Gasteiger partial charge in [0.05, 0.1) is 4.91 Å². The van der Waals surface area contributed by atoms with Gasteiger partial charge in [0.25, 0.3) is 5.91 Å². The summed E-state index contributed by atoms with van der Waals surface area (Å²) in [5.74, 6) is 0.451. The minimum absolute atomic E-state index is 0.165. The van der Waals surface area contributed by atoms with Gasteiger partial charge in [0, 0.05) is 19.9 Å². The van der Waals surface area contributed by atoms with Crippen LogP contribution in [0.1, 0.15) is 25.3 Å². The number of amides is 3. The summed E-state index contributed by atoms with van der Waals surface area (Å²) in [6.45, 7) is 1.82. The van der Waals surface area contributed by atoms with E-state index in [2.05, 4.69) is 10.9 Å². The number of carbonyl (C=O) groups excluding carboxylic acids is 3. The smallest absolute Gasteiger partial charge is 0.266 e. The molecule has 0 atom stereocenters. The number of nitrogens with one attached hydrogen (secondary N) is 2. The average Bonchev–Trinajstić information content (AvgIpc) is 3.19. The monoisotopic (exact) mass is 407 g/mol. The lowest BCUT2D eigenvalue weighted by Gasteiger charge is -2.14. The summed E-state index contributed by atoms with van der Waals surface area (Å²) in [5, 5.41) is 0. The van der Waals surface area contributed by atoms with Crippen molar-refractivity contribution in [2.24, 2.45) is 0 Å². The Bertz CT molecular complexity index is 840. The van der Waals surface area contributed by atoms with E-state index in [1.54, 1.807) is 18.2 Å². The molecule has 2 N–H and O–H groups in total. The second-order valence-electron chi connectivity index (χ2n) is 5.78. The van der Waals surface area contributed by atoms with Crippen LogP contribution in [-0.2, 0) is 14.4 Å². The van der Waals surface area contributed by atoms with Crippen molar-refractivity contribution >= 4 is 52.1 Å². The molecule has 10 heteroatoms. The number of fused-ring (bicyclic) bond motifs is 1. The van der Waals surface area contributed by atoms with Crippen LogP contribution in [0.15, 0.2) is 23.1 Å².